The molecule has 1 saturated heterocycles. The Morgan fingerprint density at radius 1 is 1.28 bits per heavy atom. The molecular formula is C15H24N2S. The van der Waals surface area contributed by atoms with E-state index in [1.807, 2.05) is 11.8 Å². The molecule has 3 saturated carbocycles. The van der Waals surface area contributed by atoms with Gasteiger partial charge in [0.05, 0.1) is 6.04 Å². The summed E-state index contributed by atoms with van der Waals surface area (Å²) in [6.45, 7) is 4.62. The standard InChI is InChI=1S/C15H24N2S/c1-8(2)5-11-7-18-15(16-11)17-14-12-9-3-4-10(6-9)13(12)14/h8-14H,3-7H2,1-2H3,(H,16,17). The second kappa shape index (κ2) is 4.16. The molecule has 5 unspecified atom stereocenters. The summed E-state index contributed by atoms with van der Waals surface area (Å²) in [5.74, 6) is 6.09. The molecule has 4 rings (SSSR count). The summed E-state index contributed by atoms with van der Waals surface area (Å²) in [6.07, 6.45) is 5.83. The molecule has 1 aliphatic heterocycles. The summed E-state index contributed by atoms with van der Waals surface area (Å²) in [5.41, 5.74) is 0. The zero-order chi connectivity index (χ0) is 12.3. The Bertz CT molecular complexity index is 363. The third-order valence-corrected chi connectivity index (χ3v) is 6.53. The van der Waals surface area contributed by atoms with Crippen LogP contribution in [0.2, 0.25) is 0 Å². The maximum absolute atomic E-state index is 5.04. The highest BCUT2D eigenvalue weighted by molar-refractivity contribution is 8.14. The number of aliphatic imine (C=N–C) groups is 1. The third-order valence-electron chi connectivity index (χ3n) is 5.47. The van der Waals surface area contributed by atoms with Gasteiger partial charge in [-0.2, -0.15) is 0 Å². The van der Waals surface area contributed by atoms with Crippen LogP contribution < -0.4 is 5.32 Å². The van der Waals surface area contributed by atoms with Gasteiger partial charge in [0.1, 0.15) is 0 Å². The lowest BCUT2D eigenvalue weighted by Gasteiger charge is -2.12. The largest absolute Gasteiger partial charge is 0.361 e. The number of amidine groups is 1. The van der Waals surface area contributed by atoms with Gasteiger partial charge in [-0.15, -0.1) is 0 Å². The molecule has 3 aliphatic carbocycles. The SMILES string of the molecule is CC(C)CC1CSC(=NC2C3C4CCC(C4)C23)N1. The van der Waals surface area contributed by atoms with Crippen LogP contribution in [0, 0.1) is 29.6 Å². The Morgan fingerprint density at radius 2 is 2.00 bits per heavy atom. The Kier molecular flexibility index (Phi) is 2.69. The molecule has 4 fully saturated rings. The van der Waals surface area contributed by atoms with E-state index in [1.54, 1.807) is 0 Å². The molecular weight excluding hydrogens is 240 g/mol. The van der Waals surface area contributed by atoms with Gasteiger partial charge in [-0.1, -0.05) is 25.6 Å². The van der Waals surface area contributed by atoms with Crippen LogP contribution in [-0.2, 0) is 0 Å². The van der Waals surface area contributed by atoms with Crippen molar-refractivity contribution >= 4 is 16.9 Å². The molecule has 1 N–H and O–H groups in total. The van der Waals surface area contributed by atoms with Crippen LogP contribution >= 0.6 is 11.8 Å². The van der Waals surface area contributed by atoms with Gasteiger partial charge in [0.15, 0.2) is 5.17 Å². The first-order valence-electron chi connectivity index (χ1n) is 7.69. The van der Waals surface area contributed by atoms with Crippen molar-refractivity contribution in [2.45, 2.75) is 51.6 Å². The summed E-state index contributed by atoms with van der Waals surface area (Å²) in [6, 6.07) is 1.38. The molecule has 0 aromatic heterocycles. The Hall–Kier alpha value is -0.180. The molecule has 100 valence electrons. The van der Waals surface area contributed by atoms with Crippen molar-refractivity contribution in [1.82, 2.24) is 5.32 Å². The highest BCUT2D eigenvalue weighted by Gasteiger charge is 2.65. The van der Waals surface area contributed by atoms with Crippen molar-refractivity contribution in [3.8, 4) is 0 Å². The van der Waals surface area contributed by atoms with Crippen molar-refractivity contribution in [2.75, 3.05) is 5.75 Å². The topological polar surface area (TPSA) is 24.4 Å². The molecule has 3 heteroatoms. The fourth-order valence-electron chi connectivity index (χ4n) is 4.80. The van der Waals surface area contributed by atoms with Gasteiger partial charge in [-0.05, 0) is 55.3 Å². The van der Waals surface area contributed by atoms with Gasteiger partial charge in [-0.3, -0.25) is 4.99 Å². The van der Waals surface area contributed by atoms with Crippen LogP contribution in [0.4, 0.5) is 0 Å². The Balaban J connectivity index is 1.37. The van der Waals surface area contributed by atoms with Crippen molar-refractivity contribution in [3.63, 3.8) is 0 Å². The number of hydrogen-bond acceptors (Lipinski definition) is 2. The summed E-state index contributed by atoms with van der Waals surface area (Å²) >= 11 is 1.96. The quantitative estimate of drug-likeness (QED) is 0.847. The van der Waals surface area contributed by atoms with E-state index in [4.69, 9.17) is 4.99 Å². The van der Waals surface area contributed by atoms with Gasteiger partial charge in [0.2, 0.25) is 0 Å². The van der Waals surface area contributed by atoms with E-state index in [0.29, 0.717) is 12.1 Å². The van der Waals surface area contributed by atoms with Crippen molar-refractivity contribution < 1.29 is 0 Å². The molecule has 1 heterocycles. The number of thioether (sulfide) groups is 1. The minimum atomic E-state index is 0.670. The minimum absolute atomic E-state index is 0.670. The number of nitrogens with zero attached hydrogens (tertiary/aromatic N) is 1. The smallest absolute Gasteiger partial charge is 0.157 e. The van der Waals surface area contributed by atoms with E-state index in [-0.39, 0.29) is 0 Å². The van der Waals surface area contributed by atoms with E-state index in [2.05, 4.69) is 19.2 Å². The van der Waals surface area contributed by atoms with E-state index in [9.17, 15) is 0 Å². The van der Waals surface area contributed by atoms with Gasteiger partial charge in [-0.25, -0.2) is 0 Å². The first-order valence-corrected chi connectivity index (χ1v) is 8.68. The van der Waals surface area contributed by atoms with Crippen LogP contribution in [-0.4, -0.2) is 23.0 Å². The molecule has 0 aromatic rings. The summed E-state index contributed by atoms with van der Waals surface area (Å²) in [5, 5.41) is 4.91. The molecule has 0 aromatic carbocycles. The number of nitrogens with one attached hydrogen (secondary N) is 1. The molecule has 4 aliphatic rings. The van der Waals surface area contributed by atoms with Crippen molar-refractivity contribution in [3.05, 3.63) is 0 Å². The van der Waals surface area contributed by atoms with Gasteiger partial charge in [0.25, 0.3) is 0 Å². The lowest BCUT2D eigenvalue weighted by molar-refractivity contribution is 0.456. The number of fused-ring (bicyclic) bond motifs is 5. The monoisotopic (exact) mass is 264 g/mol. The second-order valence-electron chi connectivity index (χ2n) is 7.19. The molecule has 5 atom stereocenters. The van der Waals surface area contributed by atoms with Crippen molar-refractivity contribution in [1.29, 1.82) is 0 Å². The normalized spacial score (nSPS) is 50.9. The van der Waals surface area contributed by atoms with Gasteiger partial charge < -0.3 is 5.32 Å². The molecule has 0 spiro atoms. The second-order valence-corrected chi connectivity index (χ2v) is 8.20. The summed E-state index contributed by atoms with van der Waals surface area (Å²) in [4.78, 5) is 5.04. The summed E-state index contributed by atoms with van der Waals surface area (Å²) < 4.78 is 0. The molecule has 0 radical (unpaired) electrons. The number of rotatable bonds is 3. The highest BCUT2D eigenvalue weighted by Crippen LogP contribution is 2.67. The summed E-state index contributed by atoms with van der Waals surface area (Å²) in [7, 11) is 0. The van der Waals surface area contributed by atoms with Crippen LogP contribution in [0.25, 0.3) is 0 Å². The fraction of sp³-hybridized carbons (Fsp3) is 0.933. The first-order chi connectivity index (χ1) is 8.72. The Labute approximate surface area is 114 Å². The van der Waals surface area contributed by atoms with Crippen LogP contribution in [0.15, 0.2) is 4.99 Å². The van der Waals surface area contributed by atoms with E-state index in [1.165, 1.54) is 36.6 Å². The van der Waals surface area contributed by atoms with Gasteiger partial charge in [0, 0.05) is 11.8 Å². The van der Waals surface area contributed by atoms with Crippen LogP contribution in [0.1, 0.15) is 39.5 Å². The Morgan fingerprint density at radius 3 is 2.67 bits per heavy atom. The van der Waals surface area contributed by atoms with Crippen LogP contribution in [0.5, 0.6) is 0 Å². The maximum atomic E-state index is 5.04. The molecule has 2 nitrogen and oxygen atoms in total. The maximum Gasteiger partial charge on any atom is 0.157 e. The average Bonchev–Trinajstić information content (AvgIpc) is 2.74. The van der Waals surface area contributed by atoms with E-state index < -0.39 is 0 Å². The predicted octanol–water partition coefficient (Wildman–Crippen LogP) is 3.14. The molecule has 2 bridgehead atoms. The first kappa shape index (κ1) is 11.6. The van der Waals surface area contributed by atoms with Crippen LogP contribution in [0.3, 0.4) is 0 Å². The lowest BCUT2D eigenvalue weighted by atomic mass is 10.0. The fourth-order valence-corrected chi connectivity index (χ4v) is 5.82. The minimum Gasteiger partial charge on any atom is -0.361 e. The molecule has 18 heavy (non-hydrogen) atoms. The average molecular weight is 264 g/mol. The zero-order valence-corrected chi connectivity index (χ0v) is 12.2. The van der Waals surface area contributed by atoms with E-state index in [0.717, 1.165) is 29.6 Å². The lowest BCUT2D eigenvalue weighted by Crippen LogP contribution is -2.28. The third kappa shape index (κ3) is 1.81. The molecule has 0 amide bonds. The highest BCUT2D eigenvalue weighted by atomic mass is 32.2. The predicted molar refractivity (Wildman–Crippen MR) is 77.9 cm³/mol. The van der Waals surface area contributed by atoms with Crippen molar-refractivity contribution in [2.24, 2.45) is 34.6 Å². The zero-order valence-electron chi connectivity index (χ0n) is 11.4. The number of hydrogen-bond donors (Lipinski definition) is 1. The van der Waals surface area contributed by atoms with Gasteiger partial charge >= 0.3 is 0 Å². The van der Waals surface area contributed by atoms with E-state index >= 15 is 0 Å².